The molecule has 13 heavy (non-hydrogen) atoms. The number of hydrogen-bond donors (Lipinski definition) is 1. The van der Waals surface area contributed by atoms with Gasteiger partial charge in [-0.1, -0.05) is 11.6 Å². The standard InChI is InChI=1S/C9H12N2O2/c1-7(2)3-4-11-5-8(9(12)13)10-6-11/h3,5-6H,4H2,1-2H3,(H,12,13). The summed E-state index contributed by atoms with van der Waals surface area (Å²) in [4.78, 5) is 14.2. The first kappa shape index (κ1) is 9.51. The Kier molecular flexibility index (Phi) is 2.84. The molecule has 0 radical (unpaired) electrons. The maximum Gasteiger partial charge on any atom is 0.356 e. The lowest BCUT2D eigenvalue weighted by Gasteiger charge is -1.94. The van der Waals surface area contributed by atoms with Crippen LogP contribution in [0.1, 0.15) is 24.3 Å². The highest BCUT2D eigenvalue weighted by atomic mass is 16.4. The van der Waals surface area contributed by atoms with Gasteiger partial charge in [0.15, 0.2) is 5.69 Å². The van der Waals surface area contributed by atoms with Crippen LogP contribution in [0.15, 0.2) is 24.2 Å². The van der Waals surface area contributed by atoms with Gasteiger partial charge in [0.05, 0.1) is 6.33 Å². The van der Waals surface area contributed by atoms with Crippen LogP contribution >= 0.6 is 0 Å². The Bertz CT molecular complexity index is 335. The zero-order chi connectivity index (χ0) is 9.84. The van der Waals surface area contributed by atoms with Crippen LogP contribution in [-0.2, 0) is 6.54 Å². The molecule has 4 heteroatoms. The van der Waals surface area contributed by atoms with Crippen LogP contribution in [0.4, 0.5) is 0 Å². The van der Waals surface area contributed by atoms with Gasteiger partial charge in [-0.3, -0.25) is 0 Å². The fourth-order valence-corrected chi connectivity index (χ4v) is 0.858. The van der Waals surface area contributed by atoms with Gasteiger partial charge in [-0.15, -0.1) is 0 Å². The minimum absolute atomic E-state index is 0.0853. The molecule has 1 rings (SSSR count). The van der Waals surface area contributed by atoms with Gasteiger partial charge < -0.3 is 9.67 Å². The molecule has 70 valence electrons. The van der Waals surface area contributed by atoms with Crippen LogP contribution in [0.3, 0.4) is 0 Å². The number of carboxylic acids is 1. The monoisotopic (exact) mass is 180 g/mol. The number of carbonyl (C=O) groups is 1. The minimum atomic E-state index is -0.990. The molecule has 1 aromatic heterocycles. The molecule has 0 aliphatic heterocycles. The number of hydrogen-bond acceptors (Lipinski definition) is 2. The lowest BCUT2D eigenvalue weighted by molar-refractivity contribution is 0.0691. The maximum absolute atomic E-state index is 10.5. The SMILES string of the molecule is CC(C)=CCn1cnc(C(=O)O)c1. The molecule has 1 aromatic rings. The van der Waals surface area contributed by atoms with E-state index in [4.69, 9.17) is 5.11 Å². The molecular formula is C9H12N2O2. The van der Waals surface area contributed by atoms with Crippen molar-refractivity contribution < 1.29 is 9.90 Å². The summed E-state index contributed by atoms with van der Waals surface area (Å²) in [5.74, 6) is -0.990. The summed E-state index contributed by atoms with van der Waals surface area (Å²) in [5, 5.41) is 8.58. The van der Waals surface area contributed by atoms with Crippen molar-refractivity contribution in [2.75, 3.05) is 0 Å². The molecule has 0 saturated heterocycles. The van der Waals surface area contributed by atoms with Crippen molar-refractivity contribution in [3.63, 3.8) is 0 Å². The highest BCUT2D eigenvalue weighted by molar-refractivity contribution is 5.84. The lowest BCUT2D eigenvalue weighted by Crippen LogP contribution is -1.96. The highest BCUT2D eigenvalue weighted by Crippen LogP contribution is 1.98. The Hall–Kier alpha value is -1.58. The van der Waals surface area contributed by atoms with E-state index in [1.54, 1.807) is 4.57 Å². The maximum atomic E-state index is 10.5. The predicted molar refractivity (Wildman–Crippen MR) is 48.6 cm³/mol. The van der Waals surface area contributed by atoms with Crippen molar-refractivity contribution in [1.82, 2.24) is 9.55 Å². The first-order chi connectivity index (χ1) is 6.09. The van der Waals surface area contributed by atoms with E-state index in [1.807, 2.05) is 19.9 Å². The van der Waals surface area contributed by atoms with Gasteiger partial charge in [-0.05, 0) is 13.8 Å². The second kappa shape index (κ2) is 3.89. The Labute approximate surface area is 76.5 Å². The molecule has 0 unspecified atom stereocenters. The second-order valence-corrected chi connectivity index (χ2v) is 3.04. The molecule has 0 fully saturated rings. The van der Waals surface area contributed by atoms with Crippen LogP contribution in [0.25, 0.3) is 0 Å². The molecule has 0 aromatic carbocycles. The van der Waals surface area contributed by atoms with Gasteiger partial charge in [0, 0.05) is 12.7 Å². The molecule has 0 spiro atoms. The number of aromatic nitrogens is 2. The van der Waals surface area contributed by atoms with E-state index < -0.39 is 5.97 Å². The van der Waals surface area contributed by atoms with E-state index in [9.17, 15) is 4.79 Å². The average molecular weight is 180 g/mol. The fourth-order valence-electron chi connectivity index (χ4n) is 0.858. The van der Waals surface area contributed by atoms with E-state index in [2.05, 4.69) is 4.98 Å². The third-order valence-corrected chi connectivity index (χ3v) is 1.56. The van der Waals surface area contributed by atoms with E-state index in [-0.39, 0.29) is 5.69 Å². The summed E-state index contributed by atoms with van der Waals surface area (Å²) in [6, 6.07) is 0. The smallest absolute Gasteiger partial charge is 0.356 e. The first-order valence-corrected chi connectivity index (χ1v) is 3.98. The molecule has 0 amide bonds. The van der Waals surface area contributed by atoms with Gasteiger partial charge >= 0.3 is 5.97 Å². The van der Waals surface area contributed by atoms with Crippen LogP contribution in [0.5, 0.6) is 0 Å². The van der Waals surface area contributed by atoms with Crippen LogP contribution in [-0.4, -0.2) is 20.6 Å². The summed E-state index contributed by atoms with van der Waals surface area (Å²) in [6.07, 6.45) is 5.04. The molecule has 1 N–H and O–H groups in total. The molecule has 0 atom stereocenters. The Morgan fingerprint density at radius 1 is 1.69 bits per heavy atom. The van der Waals surface area contributed by atoms with Gasteiger partial charge in [0.25, 0.3) is 0 Å². The van der Waals surface area contributed by atoms with Crippen LogP contribution in [0, 0.1) is 0 Å². The fraction of sp³-hybridized carbons (Fsp3) is 0.333. The van der Waals surface area contributed by atoms with Crippen molar-refractivity contribution in [3.8, 4) is 0 Å². The molecule has 0 bridgehead atoms. The zero-order valence-corrected chi connectivity index (χ0v) is 7.69. The molecule has 0 aliphatic rings. The summed E-state index contributed by atoms with van der Waals surface area (Å²) in [5.41, 5.74) is 1.28. The molecule has 0 saturated carbocycles. The predicted octanol–water partition coefficient (Wildman–Crippen LogP) is 1.55. The van der Waals surface area contributed by atoms with E-state index in [0.717, 1.165) is 0 Å². The number of imidazole rings is 1. The number of rotatable bonds is 3. The van der Waals surface area contributed by atoms with E-state index >= 15 is 0 Å². The zero-order valence-electron chi connectivity index (χ0n) is 7.69. The number of carboxylic acid groups (broad SMARTS) is 1. The summed E-state index contributed by atoms with van der Waals surface area (Å²) < 4.78 is 1.73. The Balaban J connectivity index is 2.70. The summed E-state index contributed by atoms with van der Waals surface area (Å²) in [7, 11) is 0. The van der Waals surface area contributed by atoms with Gasteiger partial charge in [-0.2, -0.15) is 0 Å². The first-order valence-electron chi connectivity index (χ1n) is 3.98. The van der Waals surface area contributed by atoms with Crippen molar-refractivity contribution >= 4 is 5.97 Å². The Morgan fingerprint density at radius 2 is 2.38 bits per heavy atom. The van der Waals surface area contributed by atoms with Crippen LogP contribution < -0.4 is 0 Å². The van der Waals surface area contributed by atoms with Gasteiger partial charge in [-0.25, -0.2) is 9.78 Å². The number of aromatic carboxylic acids is 1. The molecular weight excluding hydrogens is 168 g/mol. The van der Waals surface area contributed by atoms with Crippen molar-refractivity contribution in [1.29, 1.82) is 0 Å². The third kappa shape index (κ3) is 2.74. The van der Waals surface area contributed by atoms with Gasteiger partial charge in [0.2, 0.25) is 0 Å². The van der Waals surface area contributed by atoms with Crippen LogP contribution in [0.2, 0.25) is 0 Å². The summed E-state index contributed by atoms with van der Waals surface area (Å²) >= 11 is 0. The summed E-state index contributed by atoms with van der Waals surface area (Å²) in [6.45, 7) is 4.66. The van der Waals surface area contributed by atoms with Crippen molar-refractivity contribution in [3.05, 3.63) is 29.9 Å². The second-order valence-electron chi connectivity index (χ2n) is 3.04. The minimum Gasteiger partial charge on any atom is -0.476 e. The van der Waals surface area contributed by atoms with E-state index in [1.165, 1.54) is 18.1 Å². The van der Waals surface area contributed by atoms with E-state index in [0.29, 0.717) is 6.54 Å². The number of allylic oxidation sites excluding steroid dienone is 2. The number of nitrogens with zero attached hydrogens (tertiary/aromatic N) is 2. The highest BCUT2D eigenvalue weighted by Gasteiger charge is 2.04. The third-order valence-electron chi connectivity index (χ3n) is 1.56. The Morgan fingerprint density at radius 3 is 2.85 bits per heavy atom. The van der Waals surface area contributed by atoms with Gasteiger partial charge in [0.1, 0.15) is 0 Å². The molecule has 4 nitrogen and oxygen atoms in total. The quantitative estimate of drug-likeness (QED) is 0.718. The van der Waals surface area contributed by atoms with Crippen molar-refractivity contribution in [2.24, 2.45) is 0 Å². The largest absolute Gasteiger partial charge is 0.476 e. The molecule has 1 heterocycles. The topological polar surface area (TPSA) is 55.1 Å². The van der Waals surface area contributed by atoms with Crippen molar-refractivity contribution in [2.45, 2.75) is 20.4 Å². The lowest BCUT2D eigenvalue weighted by atomic mass is 10.3. The average Bonchev–Trinajstić information content (AvgIpc) is 2.48. The normalized spacial score (nSPS) is 9.69. The molecule has 0 aliphatic carbocycles.